The summed E-state index contributed by atoms with van der Waals surface area (Å²) in [6, 6.07) is 10.0. The van der Waals surface area contributed by atoms with E-state index < -0.39 is 0 Å². The maximum absolute atomic E-state index is 12.7. The number of anilines is 2. The molecule has 0 aliphatic carbocycles. The van der Waals surface area contributed by atoms with Gasteiger partial charge in [-0.25, -0.2) is 0 Å². The van der Waals surface area contributed by atoms with E-state index in [0.717, 1.165) is 30.9 Å². The van der Waals surface area contributed by atoms with Gasteiger partial charge in [0.15, 0.2) is 0 Å². The van der Waals surface area contributed by atoms with Crippen LogP contribution >= 0.6 is 0 Å². The second-order valence-electron chi connectivity index (χ2n) is 6.45. The summed E-state index contributed by atoms with van der Waals surface area (Å²) in [6.07, 6.45) is 5.69. The first kappa shape index (κ1) is 15.5. The molecule has 3 rings (SSSR count). The lowest BCUT2D eigenvalue weighted by atomic mass is 10.00. The summed E-state index contributed by atoms with van der Waals surface area (Å²) in [7, 11) is 0. The van der Waals surface area contributed by atoms with Crippen molar-refractivity contribution in [3.05, 3.63) is 53.9 Å². The van der Waals surface area contributed by atoms with Crippen LogP contribution in [0.2, 0.25) is 0 Å². The number of carbonyl (C=O) groups is 1. The molecule has 2 heterocycles. The van der Waals surface area contributed by atoms with Crippen LogP contribution in [0.15, 0.2) is 42.7 Å². The molecule has 4 heteroatoms. The molecule has 0 radical (unpaired) electrons. The Labute approximate surface area is 137 Å². The van der Waals surface area contributed by atoms with Gasteiger partial charge in [0, 0.05) is 25.0 Å². The molecule has 1 aliphatic rings. The van der Waals surface area contributed by atoms with Crippen molar-refractivity contribution in [2.24, 2.45) is 5.92 Å². The number of piperidine rings is 1. The van der Waals surface area contributed by atoms with Gasteiger partial charge in [0.05, 0.1) is 17.4 Å². The van der Waals surface area contributed by atoms with Crippen LogP contribution in [-0.4, -0.2) is 28.9 Å². The van der Waals surface area contributed by atoms with Gasteiger partial charge < -0.3 is 10.2 Å². The van der Waals surface area contributed by atoms with E-state index in [0.29, 0.717) is 11.5 Å². The van der Waals surface area contributed by atoms with E-state index in [1.54, 1.807) is 12.4 Å². The molecule has 23 heavy (non-hydrogen) atoms. The molecule has 0 bridgehead atoms. The highest BCUT2D eigenvalue weighted by molar-refractivity contribution is 5.95. The van der Waals surface area contributed by atoms with E-state index in [2.05, 4.69) is 36.3 Å². The third kappa shape index (κ3) is 3.89. The molecule has 1 fully saturated rings. The zero-order valence-corrected chi connectivity index (χ0v) is 13.7. The van der Waals surface area contributed by atoms with Gasteiger partial charge in [-0.3, -0.25) is 9.78 Å². The maximum atomic E-state index is 12.7. The molecule has 1 N–H and O–H groups in total. The normalized spacial score (nSPS) is 17.8. The summed E-state index contributed by atoms with van der Waals surface area (Å²) in [4.78, 5) is 18.8. The molecule has 1 aromatic heterocycles. The summed E-state index contributed by atoms with van der Waals surface area (Å²) in [5.41, 5.74) is 3.70. The predicted molar refractivity (Wildman–Crippen MR) is 93.0 cm³/mol. The maximum Gasteiger partial charge on any atom is 0.255 e. The average Bonchev–Trinajstić information content (AvgIpc) is 2.56. The number of aromatic nitrogens is 1. The first-order valence-corrected chi connectivity index (χ1v) is 8.20. The smallest absolute Gasteiger partial charge is 0.255 e. The van der Waals surface area contributed by atoms with Crippen LogP contribution in [0.3, 0.4) is 0 Å². The highest BCUT2D eigenvalue weighted by Gasteiger charge is 2.22. The third-order valence-electron chi connectivity index (χ3n) is 4.27. The SMILES string of the molecule is Cc1ccc(Nc2cncc(C(=O)N3CCCC(C)C3)c2)cc1. The molecule has 1 aromatic carbocycles. The van der Waals surface area contributed by atoms with Crippen LogP contribution < -0.4 is 5.32 Å². The van der Waals surface area contributed by atoms with Gasteiger partial charge in [0.25, 0.3) is 5.91 Å². The van der Waals surface area contributed by atoms with Gasteiger partial charge in [0.2, 0.25) is 0 Å². The minimum absolute atomic E-state index is 0.0802. The van der Waals surface area contributed by atoms with Crippen LogP contribution in [-0.2, 0) is 0 Å². The quantitative estimate of drug-likeness (QED) is 0.932. The number of carbonyl (C=O) groups excluding carboxylic acids is 1. The fraction of sp³-hybridized carbons (Fsp3) is 0.368. The van der Waals surface area contributed by atoms with Gasteiger partial charge >= 0.3 is 0 Å². The molecule has 1 unspecified atom stereocenters. The van der Waals surface area contributed by atoms with Crippen molar-refractivity contribution in [3.63, 3.8) is 0 Å². The number of nitrogens with zero attached hydrogens (tertiary/aromatic N) is 2. The van der Waals surface area contributed by atoms with Gasteiger partial charge in [-0.05, 0) is 43.9 Å². The van der Waals surface area contributed by atoms with Crippen molar-refractivity contribution in [2.75, 3.05) is 18.4 Å². The van der Waals surface area contributed by atoms with Crippen molar-refractivity contribution < 1.29 is 4.79 Å². The second-order valence-corrected chi connectivity index (χ2v) is 6.45. The Morgan fingerprint density at radius 1 is 1.22 bits per heavy atom. The number of nitrogens with one attached hydrogen (secondary N) is 1. The fourth-order valence-electron chi connectivity index (χ4n) is 2.99. The first-order chi connectivity index (χ1) is 11.1. The summed E-state index contributed by atoms with van der Waals surface area (Å²) in [5, 5.41) is 3.30. The van der Waals surface area contributed by atoms with Crippen molar-refractivity contribution in [1.82, 2.24) is 9.88 Å². The number of benzene rings is 1. The highest BCUT2D eigenvalue weighted by atomic mass is 16.2. The Kier molecular flexibility index (Phi) is 4.60. The van der Waals surface area contributed by atoms with Crippen molar-refractivity contribution >= 4 is 17.3 Å². The van der Waals surface area contributed by atoms with Crippen LogP contribution in [0, 0.1) is 12.8 Å². The van der Waals surface area contributed by atoms with E-state index in [4.69, 9.17) is 0 Å². The van der Waals surface area contributed by atoms with Gasteiger partial charge in [-0.15, -0.1) is 0 Å². The minimum Gasteiger partial charge on any atom is -0.354 e. The van der Waals surface area contributed by atoms with Crippen LogP contribution in [0.4, 0.5) is 11.4 Å². The standard InChI is InChI=1S/C19H23N3O/c1-14-5-7-17(8-6-14)21-18-10-16(11-20-12-18)19(23)22-9-3-4-15(2)13-22/h5-8,10-12,15,21H,3-4,9,13H2,1-2H3. The molecule has 1 aliphatic heterocycles. The molecular weight excluding hydrogens is 286 g/mol. The van der Waals surface area contributed by atoms with Crippen LogP contribution in [0.5, 0.6) is 0 Å². The molecule has 2 aromatic rings. The molecule has 0 saturated carbocycles. The van der Waals surface area contributed by atoms with Crippen LogP contribution in [0.1, 0.15) is 35.7 Å². The lowest BCUT2D eigenvalue weighted by Gasteiger charge is -2.31. The molecule has 4 nitrogen and oxygen atoms in total. The van der Waals surface area contributed by atoms with E-state index in [1.165, 1.54) is 12.0 Å². The largest absolute Gasteiger partial charge is 0.354 e. The molecule has 1 atom stereocenters. The number of pyridine rings is 1. The van der Waals surface area contributed by atoms with Crippen molar-refractivity contribution in [1.29, 1.82) is 0 Å². The molecule has 0 spiro atoms. The van der Waals surface area contributed by atoms with E-state index in [1.807, 2.05) is 23.1 Å². The summed E-state index contributed by atoms with van der Waals surface area (Å²) < 4.78 is 0. The van der Waals surface area contributed by atoms with E-state index >= 15 is 0 Å². The number of hydrogen-bond acceptors (Lipinski definition) is 3. The summed E-state index contributed by atoms with van der Waals surface area (Å²) in [6.45, 7) is 5.95. The minimum atomic E-state index is 0.0802. The fourth-order valence-corrected chi connectivity index (χ4v) is 2.99. The third-order valence-corrected chi connectivity index (χ3v) is 4.27. The molecular formula is C19H23N3O. The topological polar surface area (TPSA) is 45.2 Å². The Morgan fingerprint density at radius 3 is 2.74 bits per heavy atom. The zero-order valence-electron chi connectivity index (χ0n) is 13.7. The van der Waals surface area contributed by atoms with Crippen molar-refractivity contribution in [3.8, 4) is 0 Å². The lowest BCUT2D eigenvalue weighted by molar-refractivity contribution is 0.0682. The molecule has 1 saturated heterocycles. The average molecular weight is 309 g/mol. The number of amides is 1. The lowest BCUT2D eigenvalue weighted by Crippen LogP contribution is -2.39. The number of aryl methyl sites for hydroxylation is 1. The van der Waals surface area contributed by atoms with Gasteiger partial charge in [-0.2, -0.15) is 0 Å². The molecule has 120 valence electrons. The number of hydrogen-bond donors (Lipinski definition) is 1. The Balaban J connectivity index is 1.74. The monoisotopic (exact) mass is 309 g/mol. The predicted octanol–water partition coefficient (Wildman–Crippen LogP) is 4.01. The highest BCUT2D eigenvalue weighted by Crippen LogP contribution is 2.21. The van der Waals surface area contributed by atoms with Gasteiger partial charge in [0.1, 0.15) is 0 Å². The van der Waals surface area contributed by atoms with Gasteiger partial charge in [-0.1, -0.05) is 24.6 Å². The number of rotatable bonds is 3. The number of likely N-dealkylation sites (tertiary alicyclic amines) is 1. The van der Waals surface area contributed by atoms with Crippen molar-refractivity contribution in [2.45, 2.75) is 26.7 Å². The Bertz CT molecular complexity index is 681. The summed E-state index contributed by atoms with van der Waals surface area (Å²) in [5.74, 6) is 0.658. The Hall–Kier alpha value is -2.36. The first-order valence-electron chi connectivity index (χ1n) is 8.20. The zero-order chi connectivity index (χ0) is 16.2. The van der Waals surface area contributed by atoms with E-state index in [9.17, 15) is 4.79 Å². The molecule has 1 amide bonds. The van der Waals surface area contributed by atoms with E-state index in [-0.39, 0.29) is 5.91 Å². The Morgan fingerprint density at radius 2 is 2.00 bits per heavy atom. The van der Waals surface area contributed by atoms with Crippen LogP contribution in [0.25, 0.3) is 0 Å². The second kappa shape index (κ2) is 6.82. The summed E-state index contributed by atoms with van der Waals surface area (Å²) >= 11 is 0.